The topological polar surface area (TPSA) is 294 Å². The highest BCUT2D eigenvalue weighted by atomic mass is 16.5. The molecule has 0 radical (unpaired) electrons. The molecule has 0 saturated carbocycles. The molecule has 20 nitrogen and oxygen atoms in total. The van der Waals surface area contributed by atoms with Crippen molar-refractivity contribution in [3.05, 3.63) is 0 Å². The van der Waals surface area contributed by atoms with Gasteiger partial charge in [0.1, 0.15) is 37.9 Å². The predicted octanol–water partition coefficient (Wildman–Crippen LogP) is -0.878. The minimum atomic E-state index is -1.08. The Morgan fingerprint density at radius 3 is 1.37 bits per heavy atom. The lowest BCUT2D eigenvalue weighted by atomic mass is 10.0. The van der Waals surface area contributed by atoms with E-state index in [9.17, 15) is 43.2 Å². The van der Waals surface area contributed by atoms with Crippen LogP contribution >= 0.6 is 0 Å². The van der Waals surface area contributed by atoms with Gasteiger partial charge in [-0.05, 0) is 104 Å². The van der Waals surface area contributed by atoms with Gasteiger partial charge in [-0.25, -0.2) is 0 Å². The highest BCUT2D eigenvalue weighted by Crippen LogP contribution is 2.09. The first-order chi connectivity index (χ1) is 28.7. The van der Waals surface area contributed by atoms with Gasteiger partial charge in [-0.1, -0.05) is 6.92 Å². The Morgan fingerprint density at radius 1 is 0.467 bits per heavy atom. The summed E-state index contributed by atoms with van der Waals surface area (Å²) in [4.78, 5) is 112. The SMILES string of the molecule is CCNC(=O)COCC(=O)NCCCCC(NC(=O)CC)C(=O)N[C@H](CCCCNC(=O)C(CCCCNC(=O)COCC)NC(C)=O)C(=O)NC(CCCCN)C(C)=O. The molecule has 20 heteroatoms. The molecule has 0 bridgehead atoms. The minimum absolute atomic E-state index is 0.0253. The van der Waals surface area contributed by atoms with Crippen LogP contribution in [-0.2, 0) is 52.6 Å². The van der Waals surface area contributed by atoms with Gasteiger partial charge in [0.15, 0.2) is 5.78 Å². The second-order valence-corrected chi connectivity index (χ2v) is 14.3. The lowest BCUT2D eigenvalue weighted by molar-refractivity contribution is -0.133. The molecule has 60 heavy (non-hydrogen) atoms. The Hall–Kier alpha value is -4.69. The monoisotopic (exact) mass is 856 g/mol. The number of likely N-dealkylation sites (N-methyl/N-ethyl adjacent to an activating group) is 1. The molecule has 8 amide bonds. The number of ether oxygens (including phenoxy) is 2. The predicted molar refractivity (Wildman–Crippen MR) is 224 cm³/mol. The molecule has 0 spiro atoms. The molecule has 0 saturated heterocycles. The standard InChI is InChI=1S/C40H73N9O11/c1-6-34(52)47-32(19-11-15-23-44-37(55)27-60-26-35(53)42-7-2)39(57)49-33(40(58)48-30(28(4)50)17-9-13-21-41)20-12-16-24-45-38(56)31(46-29(5)51)18-10-14-22-43-36(54)25-59-8-3/h30-33H,6-27,41H2,1-5H3,(H,42,53)(H,43,54)(H,44,55)(H,45,56)(H,46,51)(H,47,52)(H,48,58)(H,49,57)/t30?,31?,32?,33-/m1/s1. The number of rotatable bonds is 36. The Balaban J connectivity index is 5.48. The first-order valence-corrected chi connectivity index (χ1v) is 21.3. The number of ketones is 1. The fraction of sp³-hybridized carbons (Fsp3) is 0.775. The van der Waals surface area contributed by atoms with E-state index in [4.69, 9.17) is 15.2 Å². The quantitative estimate of drug-likeness (QED) is 0.0348. The molecular formula is C40H73N9O11. The number of amides is 8. The van der Waals surface area contributed by atoms with Crippen molar-refractivity contribution in [1.29, 1.82) is 0 Å². The highest BCUT2D eigenvalue weighted by molar-refractivity contribution is 5.94. The molecule has 0 rings (SSSR count). The molecule has 10 N–H and O–H groups in total. The Labute approximate surface area is 354 Å². The highest BCUT2D eigenvalue weighted by Gasteiger charge is 2.28. The van der Waals surface area contributed by atoms with Crippen LogP contribution in [-0.4, -0.2) is 136 Å². The summed E-state index contributed by atoms with van der Waals surface area (Å²) in [6.45, 7) is 9.52. The van der Waals surface area contributed by atoms with E-state index in [0.717, 1.165) is 0 Å². The van der Waals surface area contributed by atoms with Crippen molar-refractivity contribution in [2.75, 3.05) is 59.2 Å². The number of hydrogen-bond acceptors (Lipinski definition) is 12. The number of nitrogens with two attached hydrogens (primary N) is 1. The van der Waals surface area contributed by atoms with Gasteiger partial charge in [0.25, 0.3) is 0 Å². The third-order valence-electron chi connectivity index (χ3n) is 9.03. The van der Waals surface area contributed by atoms with E-state index >= 15 is 0 Å². The van der Waals surface area contributed by atoms with Gasteiger partial charge in [-0.3, -0.25) is 43.2 Å². The summed E-state index contributed by atoms with van der Waals surface area (Å²) >= 11 is 0. The molecule has 4 atom stereocenters. The Kier molecular flexibility index (Phi) is 32.4. The van der Waals surface area contributed by atoms with E-state index in [0.29, 0.717) is 90.4 Å². The van der Waals surface area contributed by atoms with Crippen LogP contribution < -0.4 is 48.3 Å². The van der Waals surface area contributed by atoms with Crippen LogP contribution in [0.25, 0.3) is 0 Å². The normalized spacial score (nSPS) is 12.8. The maximum Gasteiger partial charge on any atom is 0.246 e. The second kappa shape index (κ2) is 35.1. The zero-order valence-corrected chi connectivity index (χ0v) is 36.4. The first kappa shape index (κ1) is 55.3. The van der Waals surface area contributed by atoms with Crippen LogP contribution in [0.5, 0.6) is 0 Å². The lowest BCUT2D eigenvalue weighted by Gasteiger charge is -2.25. The Bertz CT molecular complexity index is 1340. The number of carbonyl (C=O) groups excluding carboxylic acids is 9. The fourth-order valence-electron chi connectivity index (χ4n) is 5.75. The van der Waals surface area contributed by atoms with Gasteiger partial charge in [0.2, 0.25) is 47.3 Å². The van der Waals surface area contributed by atoms with Crippen LogP contribution in [0.3, 0.4) is 0 Å². The summed E-state index contributed by atoms with van der Waals surface area (Å²) in [5.74, 6) is -3.50. The molecule has 3 unspecified atom stereocenters. The van der Waals surface area contributed by atoms with Crippen LogP contribution in [0.4, 0.5) is 0 Å². The van der Waals surface area contributed by atoms with Crippen LogP contribution in [0, 0.1) is 0 Å². The third kappa shape index (κ3) is 28.7. The molecule has 0 aliphatic rings. The molecule has 0 aromatic carbocycles. The first-order valence-electron chi connectivity index (χ1n) is 21.3. The second-order valence-electron chi connectivity index (χ2n) is 14.3. The van der Waals surface area contributed by atoms with Crippen LogP contribution in [0.2, 0.25) is 0 Å². The van der Waals surface area contributed by atoms with Crippen molar-refractivity contribution in [1.82, 2.24) is 42.5 Å². The third-order valence-corrected chi connectivity index (χ3v) is 9.03. The maximum atomic E-state index is 13.7. The molecule has 344 valence electrons. The van der Waals surface area contributed by atoms with E-state index in [1.54, 1.807) is 20.8 Å². The van der Waals surface area contributed by atoms with Gasteiger partial charge in [0.05, 0.1) is 6.04 Å². The zero-order valence-electron chi connectivity index (χ0n) is 36.4. The van der Waals surface area contributed by atoms with E-state index in [2.05, 4.69) is 42.5 Å². The molecule has 0 aromatic heterocycles. The van der Waals surface area contributed by atoms with E-state index in [-0.39, 0.29) is 87.5 Å². The van der Waals surface area contributed by atoms with Crippen molar-refractivity contribution in [3.63, 3.8) is 0 Å². The van der Waals surface area contributed by atoms with Gasteiger partial charge >= 0.3 is 0 Å². The van der Waals surface area contributed by atoms with Crippen molar-refractivity contribution >= 4 is 53.0 Å². The van der Waals surface area contributed by atoms with E-state index in [1.165, 1.54) is 13.8 Å². The van der Waals surface area contributed by atoms with Crippen molar-refractivity contribution in [2.45, 2.75) is 142 Å². The maximum absolute atomic E-state index is 13.7. The van der Waals surface area contributed by atoms with Gasteiger partial charge in [-0.2, -0.15) is 0 Å². The van der Waals surface area contributed by atoms with Crippen LogP contribution in [0.15, 0.2) is 0 Å². The van der Waals surface area contributed by atoms with Gasteiger partial charge < -0.3 is 57.7 Å². The summed E-state index contributed by atoms with van der Waals surface area (Å²) in [5.41, 5.74) is 5.61. The van der Waals surface area contributed by atoms with E-state index in [1.807, 2.05) is 0 Å². The van der Waals surface area contributed by atoms with Crippen molar-refractivity contribution in [3.8, 4) is 0 Å². The molecular weight excluding hydrogens is 782 g/mol. The smallest absolute Gasteiger partial charge is 0.246 e. The number of Topliss-reactive ketones (excluding diaryl/α,β-unsaturated/α-hetero) is 1. The Morgan fingerprint density at radius 2 is 0.900 bits per heavy atom. The summed E-state index contributed by atoms with van der Waals surface area (Å²) in [7, 11) is 0. The zero-order chi connectivity index (χ0) is 45.1. The number of unbranched alkanes of at least 4 members (excludes halogenated alkanes) is 4. The summed E-state index contributed by atoms with van der Waals surface area (Å²) in [6.07, 6.45) is 5.28. The fourth-order valence-corrected chi connectivity index (χ4v) is 5.75. The summed E-state index contributed by atoms with van der Waals surface area (Å²) in [6, 6.07) is -3.64. The molecule has 0 aromatic rings. The van der Waals surface area contributed by atoms with Gasteiger partial charge in [-0.15, -0.1) is 0 Å². The number of carbonyl (C=O) groups is 9. The largest absolute Gasteiger partial charge is 0.372 e. The molecule has 0 fully saturated rings. The summed E-state index contributed by atoms with van der Waals surface area (Å²) < 4.78 is 10.2. The number of nitrogens with one attached hydrogen (secondary N) is 8. The lowest BCUT2D eigenvalue weighted by Crippen LogP contribution is -2.55. The molecule has 0 aliphatic carbocycles. The van der Waals surface area contributed by atoms with Crippen molar-refractivity contribution < 1.29 is 52.6 Å². The van der Waals surface area contributed by atoms with Gasteiger partial charge in [0, 0.05) is 46.1 Å². The van der Waals surface area contributed by atoms with Crippen LogP contribution in [0.1, 0.15) is 118 Å². The summed E-state index contributed by atoms with van der Waals surface area (Å²) in [5, 5.41) is 21.7. The molecule has 0 aliphatic heterocycles. The minimum Gasteiger partial charge on any atom is -0.372 e. The molecule has 0 heterocycles. The number of hydrogen-bond donors (Lipinski definition) is 9. The average molecular weight is 856 g/mol. The van der Waals surface area contributed by atoms with E-state index < -0.39 is 41.9 Å². The average Bonchev–Trinajstić information content (AvgIpc) is 3.20. The van der Waals surface area contributed by atoms with Crippen molar-refractivity contribution in [2.24, 2.45) is 5.73 Å².